The summed E-state index contributed by atoms with van der Waals surface area (Å²) < 4.78 is 6.72. The van der Waals surface area contributed by atoms with Crippen molar-refractivity contribution in [2.24, 2.45) is 0 Å². The van der Waals surface area contributed by atoms with Crippen molar-refractivity contribution in [1.29, 1.82) is 0 Å². The number of hydrogen-bond acceptors (Lipinski definition) is 6. The quantitative estimate of drug-likeness (QED) is 0.778. The van der Waals surface area contributed by atoms with E-state index in [0.717, 1.165) is 5.69 Å². The molecule has 0 saturated heterocycles. The number of carboxylic acids is 1. The van der Waals surface area contributed by atoms with Crippen molar-refractivity contribution >= 4 is 17.7 Å². The zero-order chi connectivity index (χ0) is 14.5. The van der Waals surface area contributed by atoms with Gasteiger partial charge in [-0.05, 0) is 5.92 Å². The van der Waals surface area contributed by atoms with Gasteiger partial charge in [-0.2, -0.15) is 4.98 Å². The molecule has 8 heteroatoms. The molecule has 2 aromatic rings. The SMILES string of the molecule is CC(C)c1cnc(SCC(=O)O)n1CCc1ncon1. The fourth-order valence-electron chi connectivity index (χ4n) is 1.81. The van der Waals surface area contributed by atoms with Crippen molar-refractivity contribution in [3.8, 4) is 0 Å². The maximum absolute atomic E-state index is 10.7. The Morgan fingerprint density at radius 3 is 2.90 bits per heavy atom. The molecular formula is C12H16N4O3S. The van der Waals surface area contributed by atoms with E-state index in [1.165, 1.54) is 18.2 Å². The van der Waals surface area contributed by atoms with Crippen LogP contribution in [0.3, 0.4) is 0 Å². The summed E-state index contributed by atoms with van der Waals surface area (Å²) in [5.74, 6) is 0.0832. The van der Waals surface area contributed by atoms with Gasteiger partial charge in [-0.25, -0.2) is 4.98 Å². The number of aliphatic carboxylic acids is 1. The molecule has 0 amide bonds. The molecule has 0 unspecified atom stereocenters. The van der Waals surface area contributed by atoms with Crippen LogP contribution < -0.4 is 0 Å². The van der Waals surface area contributed by atoms with Gasteiger partial charge in [0.1, 0.15) is 0 Å². The molecule has 108 valence electrons. The highest BCUT2D eigenvalue weighted by atomic mass is 32.2. The highest BCUT2D eigenvalue weighted by Crippen LogP contribution is 2.23. The molecule has 1 N–H and O–H groups in total. The zero-order valence-electron chi connectivity index (χ0n) is 11.3. The van der Waals surface area contributed by atoms with E-state index in [-0.39, 0.29) is 5.75 Å². The van der Waals surface area contributed by atoms with Crippen molar-refractivity contribution in [2.45, 2.75) is 37.9 Å². The predicted molar refractivity (Wildman–Crippen MR) is 72.7 cm³/mol. The molecule has 0 fully saturated rings. The van der Waals surface area contributed by atoms with Gasteiger partial charge in [-0.3, -0.25) is 4.79 Å². The molecule has 0 aromatic carbocycles. The molecule has 20 heavy (non-hydrogen) atoms. The molecule has 7 nitrogen and oxygen atoms in total. The van der Waals surface area contributed by atoms with Crippen molar-refractivity contribution in [1.82, 2.24) is 19.7 Å². The molecular weight excluding hydrogens is 280 g/mol. The summed E-state index contributed by atoms with van der Waals surface area (Å²) in [6.45, 7) is 4.80. The number of imidazole rings is 1. The van der Waals surface area contributed by atoms with E-state index in [1.54, 1.807) is 6.20 Å². The van der Waals surface area contributed by atoms with Gasteiger partial charge in [0, 0.05) is 24.9 Å². The van der Waals surface area contributed by atoms with Crippen molar-refractivity contribution < 1.29 is 14.4 Å². The van der Waals surface area contributed by atoms with Crippen molar-refractivity contribution in [2.75, 3.05) is 5.75 Å². The number of nitrogens with zero attached hydrogens (tertiary/aromatic N) is 4. The first kappa shape index (κ1) is 14.6. The van der Waals surface area contributed by atoms with E-state index in [9.17, 15) is 4.79 Å². The Labute approximate surface area is 120 Å². The maximum Gasteiger partial charge on any atom is 0.313 e. The van der Waals surface area contributed by atoms with Crippen LogP contribution in [0.2, 0.25) is 0 Å². The fraction of sp³-hybridized carbons (Fsp3) is 0.500. The molecule has 0 aliphatic heterocycles. The lowest BCUT2D eigenvalue weighted by Crippen LogP contribution is -2.10. The van der Waals surface area contributed by atoms with Crippen LogP contribution in [0.4, 0.5) is 0 Å². The van der Waals surface area contributed by atoms with Gasteiger partial charge in [0.15, 0.2) is 11.0 Å². The van der Waals surface area contributed by atoms with Gasteiger partial charge in [0.05, 0.1) is 5.75 Å². The molecule has 2 rings (SSSR count). The highest BCUT2D eigenvalue weighted by molar-refractivity contribution is 7.99. The van der Waals surface area contributed by atoms with Gasteiger partial charge >= 0.3 is 5.97 Å². The first-order chi connectivity index (χ1) is 9.58. The molecule has 0 bridgehead atoms. The van der Waals surface area contributed by atoms with Crippen LogP contribution in [0.15, 0.2) is 22.3 Å². The van der Waals surface area contributed by atoms with E-state index in [1.807, 2.05) is 4.57 Å². The van der Waals surface area contributed by atoms with E-state index in [2.05, 4.69) is 29.0 Å². The van der Waals surface area contributed by atoms with Crippen molar-refractivity contribution in [3.63, 3.8) is 0 Å². The largest absolute Gasteiger partial charge is 0.481 e. The number of thioether (sulfide) groups is 1. The Kier molecular flexibility index (Phi) is 4.78. The minimum Gasteiger partial charge on any atom is -0.481 e. The summed E-state index contributed by atoms with van der Waals surface area (Å²) in [6.07, 6.45) is 3.71. The monoisotopic (exact) mass is 296 g/mol. The number of rotatable bonds is 7. The smallest absolute Gasteiger partial charge is 0.313 e. The second kappa shape index (κ2) is 6.56. The van der Waals surface area contributed by atoms with E-state index < -0.39 is 5.97 Å². The van der Waals surface area contributed by atoms with Crippen LogP contribution in [0, 0.1) is 0 Å². The average Bonchev–Trinajstić information content (AvgIpc) is 3.03. The summed E-state index contributed by atoms with van der Waals surface area (Å²) in [6, 6.07) is 0. The lowest BCUT2D eigenvalue weighted by Gasteiger charge is -2.12. The van der Waals surface area contributed by atoms with Gasteiger partial charge in [-0.15, -0.1) is 0 Å². The molecule has 0 atom stereocenters. The van der Waals surface area contributed by atoms with Gasteiger partial charge in [0.25, 0.3) is 0 Å². The number of hydrogen-bond donors (Lipinski definition) is 1. The summed E-state index contributed by atoms with van der Waals surface area (Å²) in [5.41, 5.74) is 1.07. The van der Waals surface area contributed by atoms with Crippen molar-refractivity contribution in [3.05, 3.63) is 24.1 Å². The lowest BCUT2D eigenvalue weighted by molar-refractivity contribution is -0.133. The number of aromatic nitrogens is 4. The van der Waals surface area contributed by atoms with Gasteiger partial charge in [0.2, 0.25) is 6.39 Å². The number of aryl methyl sites for hydroxylation is 1. The van der Waals surface area contributed by atoms with E-state index >= 15 is 0 Å². The molecule has 0 saturated carbocycles. The zero-order valence-corrected chi connectivity index (χ0v) is 12.1. The van der Waals surface area contributed by atoms with E-state index in [0.29, 0.717) is 29.9 Å². The summed E-state index contributed by atoms with van der Waals surface area (Å²) in [5, 5.41) is 13.3. The minimum atomic E-state index is -0.853. The van der Waals surface area contributed by atoms with Crippen LogP contribution in [-0.4, -0.2) is 36.5 Å². The summed E-state index contributed by atoms with van der Waals surface area (Å²) >= 11 is 1.22. The van der Waals surface area contributed by atoms with Crippen LogP contribution in [0.1, 0.15) is 31.3 Å². The van der Waals surface area contributed by atoms with Crippen LogP contribution >= 0.6 is 11.8 Å². The second-order valence-corrected chi connectivity index (χ2v) is 5.49. The number of carbonyl (C=O) groups is 1. The number of carboxylic acid groups (broad SMARTS) is 1. The summed E-state index contributed by atoms with van der Waals surface area (Å²) in [7, 11) is 0. The van der Waals surface area contributed by atoms with Crippen LogP contribution in [-0.2, 0) is 17.8 Å². The standard InChI is InChI=1S/C12H16N4O3S/c1-8(2)9-5-13-12(20-6-11(17)18)16(9)4-3-10-14-7-19-15-10/h5,7-8H,3-4,6H2,1-2H3,(H,17,18). The Morgan fingerprint density at radius 1 is 1.50 bits per heavy atom. The lowest BCUT2D eigenvalue weighted by atomic mass is 10.1. The topological polar surface area (TPSA) is 94.0 Å². The van der Waals surface area contributed by atoms with Gasteiger partial charge < -0.3 is 14.2 Å². The Bertz CT molecular complexity index is 565. The van der Waals surface area contributed by atoms with Crippen LogP contribution in [0.25, 0.3) is 0 Å². The Hall–Kier alpha value is -1.83. The van der Waals surface area contributed by atoms with E-state index in [4.69, 9.17) is 9.63 Å². The summed E-state index contributed by atoms with van der Waals surface area (Å²) in [4.78, 5) is 19.0. The Balaban J connectivity index is 2.13. The molecule has 0 aliphatic carbocycles. The normalized spacial score (nSPS) is 11.2. The highest BCUT2D eigenvalue weighted by Gasteiger charge is 2.15. The first-order valence-electron chi connectivity index (χ1n) is 6.23. The maximum atomic E-state index is 10.7. The third-order valence-corrected chi connectivity index (χ3v) is 3.71. The first-order valence-corrected chi connectivity index (χ1v) is 7.21. The predicted octanol–water partition coefficient (Wildman–Crippen LogP) is 1.81. The molecule has 2 aromatic heterocycles. The fourth-order valence-corrected chi connectivity index (χ4v) is 2.54. The molecule has 0 radical (unpaired) electrons. The average molecular weight is 296 g/mol. The molecule has 2 heterocycles. The molecule has 0 aliphatic rings. The van der Waals surface area contributed by atoms with Gasteiger partial charge in [-0.1, -0.05) is 30.8 Å². The second-order valence-electron chi connectivity index (χ2n) is 4.55. The van der Waals surface area contributed by atoms with Crippen LogP contribution in [0.5, 0.6) is 0 Å². The minimum absolute atomic E-state index is 0.00322. The Morgan fingerprint density at radius 2 is 2.30 bits per heavy atom. The third kappa shape index (κ3) is 3.60. The third-order valence-electron chi connectivity index (χ3n) is 2.73. The molecule has 0 spiro atoms.